The van der Waals surface area contributed by atoms with Crippen molar-refractivity contribution in [2.45, 2.75) is 166 Å². The quantitative estimate of drug-likeness (QED) is 0.0442. The Labute approximate surface area is 289 Å². The molecular formula is C37H61NO7S2. The van der Waals surface area contributed by atoms with Crippen LogP contribution in [0.2, 0.25) is 0 Å². The summed E-state index contributed by atoms with van der Waals surface area (Å²) < 4.78 is 50.3. The summed E-state index contributed by atoms with van der Waals surface area (Å²) in [6.45, 7) is 5.79. The number of carbonyl (C=O) groups excluding carboxylic acids is 1. The summed E-state index contributed by atoms with van der Waals surface area (Å²) in [7, 11) is -4.27. The van der Waals surface area contributed by atoms with Gasteiger partial charge in [0, 0.05) is 6.42 Å². The van der Waals surface area contributed by atoms with Gasteiger partial charge in [0.25, 0.3) is 0 Å². The Morgan fingerprint density at radius 2 is 1.43 bits per heavy atom. The number of hydrogen-bond acceptors (Lipinski definition) is 8. The summed E-state index contributed by atoms with van der Waals surface area (Å²) in [5.41, 5.74) is 2.98. The lowest BCUT2D eigenvalue weighted by Crippen LogP contribution is -2.30. The van der Waals surface area contributed by atoms with E-state index in [1.54, 1.807) is 23.5 Å². The third kappa shape index (κ3) is 21.7. The average molecular weight is 696 g/mol. The minimum Gasteiger partial charge on any atom is -0.744 e. The smallest absolute Gasteiger partial charge is 0.306 e. The Balaban J connectivity index is 0.000000587. The number of nitrogens with zero attached hydrogens (tertiary/aromatic N) is 1. The number of aryl methyl sites for hydroxylation is 2. The molecule has 1 fully saturated rings. The van der Waals surface area contributed by atoms with Crippen LogP contribution in [0, 0.1) is 6.92 Å². The van der Waals surface area contributed by atoms with Crippen molar-refractivity contribution in [2.75, 3.05) is 13.2 Å². The Morgan fingerprint density at radius 3 is 1.94 bits per heavy atom. The first-order chi connectivity index (χ1) is 22.8. The van der Waals surface area contributed by atoms with Crippen molar-refractivity contribution in [2.24, 2.45) is 0 Å². The fourth-order valence-electron chi connectivity index (χ4n) is 5.54. The van der Waals surface area contributed by atoms with Crippen LogP contribution >= 0.6 is 11.3 Å². The van der Waals surface area contributed by atoms with Crippen molar-refractivity contribution in [3.63, 3.8) is 0 Å². The van der Waals surface area contributed by atoms with Crippen molar-refractivity contribution in [3.8, 4) is 0 Å². The third-order valence-electron chi connectivity index (χ3n) is 8.42. The van der Waals surface area contributed by atoms with Gasteiger partial charge < -0.3 is 18.8 Å². The van der Waals surface area contributed by atoms with Gasteiger partial charge >= 0.3 is 5.97 Å². The molecule has 0 N–H and O–H groups in total. The standard InChI is InChI=1S/C30H54NO4S.C7H8O3S/c1-2-3-4-5-6-7-8-9-10-11-12-13-14-15-16-17-18-21-30-34-26-28(35-30)25-33-29(32)20-19-22-31-23-24-36-27-31;1-6-2-4-7(5-3-6)11(8,9)10/h23-24,27-28,30H,2-22,25-26H2,1H3;2-5H,1H3,(H,8,9,10)/q+1;/p-1/t28-,30-;/m1./s1. The van der Waals surface area contributed by atoms with Gasteiger partial charge in [-0.1, -0.05) is 139 Å². The minimum atomic E-state index is -4.27. The highest BCUT2D eigenvalue weighted by Gasteiger charge is 2.26. The lowest BCUT2D eigenvalue weighted by molar-refractivity contribution is -0.692. The Morgan fingerprint density at radius 1 is 0.872 bits per heavy atom. The first kappa shape index (κ1) is 41.3. The lowest BCUT2D eigenvalue weighted by atomic mass is 10.0. The molecule has 2 heterocycles. The second kappa shape index (κ2) is 26.1. The molecule has 0 saturated carbocycles. The van der Waals surface area contributed by atoms with Crippen LogP contribution in [-0.4, -0.2) is 44.5 Å². The molecule has 3 rings (SSSR count). The highest BCUT2D eigenvalue weighted by atomic mass is 32.2. The van der Waals surface area contributed by atoms with Gasteiger partial charge in [-0.2, -0.15) is 4.57 Å². The van der Waals surface area contributed by atoms with E-state index in [0.29, 0.717) is 19.6 Å². The maximum absolute atomic E-state index is 11.9. The highest BCUT2D eigenvalue weighted by molar-refractivity contribution is 7.85. The van der Waals surface area contributed by atoms with Crippen molar-refractivity contribution in [3.05, 3.63) is 46.9 Å². The van der Waals surface area contributed by atoms with Crippen LogP contribution in [0.4, 0.5) is 0 Å². The zero-order chi connectivity index (χ0) is 34.0. The first-order valence-electron chi connectivity index (χ1n) is 18.1. The molecule has 1 aromatic heterocycles. The summed E-state index contributed by atoms with van der Waals surface area (Å²) in [5.74, 6) is -0.147. The molecule has 0 bridgehead atoms. The SMILES string of the molecule is CCCCCCCCCCCCCCCCCCC[C@@H]1OC[C@@H](COC(=O)CCC[n+]2ccsc2)O1.Cc1ccc(S(=O)(=O)[O-])cc1. The molecule has 0 aliphatic carbocycles. The zero-order valence-corrected chi connectivity index (χ0v) is 30.7. The van der Waals surface area contributed by atoms with Gasteiger partial charge in [-0.05, 0) is 31.9 Å². The third-order valence-corrected chi connectivity index (χ3v) is 9.94. The number of rotatable bonds is 25. The molecule has 268 valence electrons. The molecule has 47 heavy (non-hydrogen) atoms. The molecule has 0 spiro atoms. The Hall–Kier alpha value is -1.85. The van der Waals surface area contributed by atoms with Crippen LogP contribution in [0.3, 0.4) is 0 Å². The molecule has 8 nitrogen and oxygen atoms in total. The van der Waals surface area contributed by atoms with Gasteiger partial charge in [-0.25, -0.2) is 8.42 Å². The van der Waals surface area contributed by atoms with Gasteiger partial charge in [0.05, 0.1) is 23.3 Å². The van der Waals surface area contributed by atoms with Crippen LogP contribution in [0.1, 0.15) is 141 Å². The summed E-state index contributed by atoms with van der Waals surface area (Å²) in [6.07, 6.45) is 27.5. The highest BCUT2D eigenvalue weighted by Crippen LogP contribution is 2.19. The Bertz CT molecular complexity index is 1140. The second-order valence-corrected chi connectivity index (χ2v) is 14.9. The number of carbonyl (C=O) groups is 1. The van der Waals surface area contributed by atoms with Gasteiger partial charge in [0.2, 0.25) is 5.51 Å². The largest absolute Gasteiger partial charge is 0.744 e. The summed E-state index contributed by atoms with van der Waals surface area (Å²) in [4.78, 5) is 11.8. The number of thiazole rings is 1. The molecule has 1 aromatic carbocycles. The molecule has 1 aliphatic heterocycles. The van der Waals surface area contributed by atoms with E-state index >= 15 is 0 Å². The van der Waals surface area contributed by atoms with Gasteiger partial charge in [-0.15, -0.1) is 0 Å². The van der Waals surface area contributed by atoms with E-state index in [1.165, 1.54) is 115 Å². The minimum absolute atomic E-state index is 0.115. The van der Waals surface area contributed by atoms with Crippen LogP contribution < -0.4 is 4.57 Å². The lowest BCUT2D eigenvalue weighted by Gasteiger charge is -2.12. The second-order valence-electron chi connectivity index (χ2n) is 12.8. The molecule has 1 saturated heterocycles. The molecule has 2 atom stereocenters. The van der Waals surface area contributed by atoms with E-state index < -0.39 is 10.1 Å². The summed E-state index contributed by atoms with van der Waals surface area (Å²) in [5, 5.41) is 2.03. The van der Waals surface area contributed by atoms with Gasteiger partial charge in [-0.3, -0.25) is 4.79 Å². The van der Waals surface area contributed by atoms with Gasteiger partial charge in [0.1, 0.15) is 29.4 Å². The first-order valence-corrected chi connectivity index (χ1v) is 20.5. The van der Waals surface area contributed by atoms with Crippen LogP contribution in [0.15, 0.2) is 46.2 Å². The fraction of sp³-hybridized carbons (Fsp3) is 0.730. The number of hydrogen-bond donors (Lipinski definition) is 0. The monoisotopic (exact) mass is 695 g/mol. The molecule has 0 unspecified atom stereocenters. The van der Waals surface area contributed by atoms with Crippen molar-refractivity contribution in [1.29, 1.82) is 0 Å². The van der Waals surface area contributed by atoms with E-state index in [0.717, 1.165) is 31.4 Å². The molecule has 1 aliphatic rings. The maximum atomic E-state index is 11.9. The molecule has 10 heteroatoms. The summed E-state index contributed by atoms with van der Waals surface area (Å²) in [6, 6.07) is 5.78. The number of ether oxygens (including phenoxy) is 3. The zero-order valence-electron chi connectivity index (χ0n) is 29.1. The van der Waals surface area contributed by atoms with E-state index in [-0.39, 0.29) is 23.3 Å². The van der Waals surface area contributed by atoms with Crippen LogP contribution in [0.5, 0.6) is 0 Å². The molecular weight excluding hydrogens is 635 g/mol. The fourth-order valence-corrected chi connectivity index (χ4v) is 6.64. The predicted molar refractivity (Wildman–Crippen MR) is 187 cm³/mol. The molecule has 0 radical (unpaired) electrons. The normalized spacial score (nSPS) is 16.1. The van der Waals surface area contributed by atoms with E-state index in [9.17, 15) is 17.8 Å². The van der Waals surface area contributed by atoms with Crippen LogP contribution in [0.25, 0.3) is 0 Å². The number of benzene rings is 1. The Kier molecular flexibility index (Phi) is 22.9. The van der Waals surface area contributed by atoms with E-state index in [4.69, 9.17) is 14.2 Å². The van der Waals surface area contributed by atoms with E-state index in [1.807, 2.05) is 18.5 Å². The van der Waals surface area contributed by atoms with Crippen molar-refractivity contribution in [1.82, 2.24) is 0 Å². The topological polar surface area (TPSA) is 106 Å². The van der Waals surface area contributed by atoms with Crippen molar-refractivity contribution < 1.29 is 36.5 Å². The van der Waals surface area contributed by atoms with E-state index in [2.05, 4.69) is 17.0 Å². The van der Waals surface area contributed by atoms with Crippen LogP contribution in [-0.2, 0) is 35.7 Å². The molecule has 2 aromatic rings. The predicted octanol–water partition coefficient (Wildman–Crippen LogP) is 9.04. The maximum Gasteiger partial charge on any atom is 0.306 e. The number of unbranched alkanes of at least 4 members (excludes halogenated alkanes) is 16. The van der Waals surface area contributed by atoms with Crippen molar-refractivity contribution >= 4 is 27.4 Å². The number of aromatic nitrogens is 1. The number of esters is 1. The van der Waals surface area contributed by atoms with Gasteiger partial charge in [0.15, 0.2) is 12.5 Å². The molecule has 0 amide bonds. The average Bonchev–Trinajstić information content (AvgIpc) is 3.74. The summed E-state index contributed by atoms with van der Waals surface area (Å²) >= 11 is 1.66.